The summed E-state index contributed by atoms with van der Waals surface area (Å²) in [7, 11) is 0. The highest BCUT2D eigenvalue weighted by atomic mass is 16.5. The number of hydrogen-bond donors (Lipinski definition) is 0. The first-order valence-corrected chi connectivity index (χ1v) is 8.79. The van der Waals surface area contributed by atoms with Crippen LogP contribution < -0.4 is 0 Å². The third-order valence-corrected chi connectivity index (χ3v) is 4.34. The van der Waals surface area contributed by atoms with E-state index < -0.39 is 0 Å². The Balaban J connectivity index is 1.71. The summed E-state index contributed by atoms with van der Waals surface area (Å²) in [5.74, 6) is 0. The maximum absolute atomic E-state index is 6.02. The van der Waals surface area contributed by atoms with Crippen molar-refractivity contribution in [1.29, 1.82) is 0 Å². The van der Waals surface area contributed by atoms with Gasteiger partial charge in [0.15, 0.2) is 0 Å². The number of nitrogens with zero attached hydrogens (tertiary/aromatic N) is 1. The number of ether oxygens (including phenoxy) is 1. The molecule has 2 rings (SSSR count). The van der Waals surface area contributed by atoms with E-state index in [-0.39, 0.29) is 0 Å². The third kappa shape index (κ3) is 6.19. The van der Waals surface area contributed by atoms with Crippen LogP contribution in [0.4, 0.5) is 0 Å². The molecular weight excluding hydrogens is 258 g/mol. The molecular formula is C19H31NO. The minimum Gasteiger partial charge on any atom is -0.363 e. The fourth-order valence-electron chi connectivity index (χ4n) is 3.10. The predicted molar refractivity (Wildman–Crippen MR) is 89.2 cm³/mol. The summed E-state index contributed by atoms with van der Waals surface area (Å²) in [4.78, 5) is 2.52. The standard InChI is InChI=1S/C19H31NO/c1-2-3-4-5-6-10-14-19-20(15-11-16-21-19)17-18-12-8-7-9-13-18/h7-9,12-13,19H,2-6,10-11,14-17H2,1H3. The summed E-state index contributed by atoms with van der Waals surface area (Å²) in [5, 5.41) is 0. The highest BCUT2D eigenvalue weighted by Gasteiger charge is 2.22. The summed E-state index contributed by atoms with van der Waals surface area (Å²) in [5.41, 5.74) is 1.40. The van der Waals surface area contributed by atoms with Gasteiger partial charge in [-0.1, -0.05) is 69.4 Å². The normalized spacial score (nSPS) is 19.8. The van der Waals surface area contributed by atoms with Crippen LogP contribution in [0, 0.1) is 0 Å². The minimum atomic E-state index is 0.338. The highest BCUT2D eigenvalue weighted by Crippen LogP contribution is 2.20. The molecule has 0 radical (unpaired) electrons. The molecule has 2 nitrogen and oxygen atoms in total. The molecule has 1 saturated heterocycles. The Morgan fingerprint density at radius 2 is 1.81 bits per heavy atom. The van der Waals surface area contributed by atoms with Gasteiger partial charge in [-0.05, 0) is 24.8 Å². The van der Waals surface area contributed by atoms with Gasteiger partial charge < -0.3 is 4.74 Å². The van der Waals surface area contributed by atoms with Gasteiger partial charge in [-0.25, -0.2) is 0 Å². The van der Waals surface area contributed by atoms with Crippen LogP contribution >= 0.6 is 0 Å². The maximum atomic E-state index is 6.02. The van der Waals surface area contributed by atoms with Crippen molar-refractivity contribution in [3.05, 3.63) is 35.9 Å². The summed E-state index contributed by atoms with van der Waals surface area (Å²) in [6, 6.07) is 10.8. The molecule has 1 aromatic rings. The number of rotatable bonds is 9. The van der Waals surface area contributed by atoms with E-state index in [1.807, 2.05) is 0 Å². The van der Waals surface area contributed by atoms with Crippen molar-refractivity contribution in [2.45, 2.75) is 71.1 Å². The topological polar surface area (TPSA) is 12.5 Å². The van der Waals surface area contributed by atoms with Gasteiger partial charge in [0.1, 0.15) is 6.23 Å². The van der Waals surface area contributed by atoms with Gasteiger partial charge in [0, 0.05) is 19.7 Å². The Morgan fingerprint density at radius 3 is 2.62 bits per heavy atom. The fraction of sp³-hybridized carbons (Fsp3) is 0.684. The smallest absolute Gasteiger partial charge is 0.110 e. The monoisotopic (exact) mass is 289 g/mol. The zero-order chi connectivity index (χ0) is 14.8. The van der Waals surface area contributed by atoms with Gasteiger partial charge in [0.2, 0.25) is 0 Å². The van der Waals surface area contributed by atoms with Crippen molar-refractivity contribution < 1.29 is 4.74 Å². The molecule has 0 aliphatic carbocycles. The lowest BCUT2D eigenvalue weighted by atomic mass is 10.1. The Kier molecular flexibility index (Phi) is 7.83. The SMILES string of the molecule is CCCCCCCCC1OCCCN1Cc1ccccc1. The van der Waals surface area contributed by atoms with E-state index in [4.69, 9.17) is 4.74 Å². The first-order chi connectivity index (χ1) is 10.4. The largest absolute Gasteiger partial charge is 0.363 e. The molecule has 0 N–H and O–H groups in total. The average molecular weight is 289 g/mol. The second-order valence-corrected chi connectivity index (χ2v) is 6.19. The minimum absolute atomic E-state index is 0.338. The lowest BCUT2D eigenvalue weighted by Gasteiger charge is -2.35. The van der Waals surface area contributed by atoms with Crippen LogP contribution in [-0.4, -0.2) is 24.3 Å². The van der Waals surface area contributed by atoms with Crippen molar-refractivity contribution in [2.24, 2.45) is 0 Å². The van der Waals surface area contributed by atoms with E-state index in [0.717, 1.165) is 13.2 Å². The van der Waals surface area contributed by atoms with E-state index in [2.05, 4.69) is 42.2 Å². The average Bonchev–Trinajstić information content (AvgIpc) is 2.53. The molecule has 21 heavy (non-hydrogen) atoms. The lowest BCUT2D eigenvalue weighted by molar-refractivity contribution is -0.104. The van der Waals surface area contributed by atoms with Crippen molar-refractivity contribution in [2.75, 3.05) is 13.2 Å². The third-order valence-electron chi connectivity index (χ3n) is 4.34. The Morgan fingerprint density at radius 1 is 1.05 bits per heavy atom. The molecule has 118 valence electrons. The van der Waals surface area contributed by atoms with Crippen LogP contribution in [0.25, 0.3) is 0 Å². The van der Waals surface area contributed by atoms with Crippen molar-refractivity contribution in [1.82, 2.24) is 4.90 Å². The molecule has 1 unspecified atom stereocenters. The molecule has 1 aliphatic heterocycles. The van der Waals surface area contributed by atoms with Crippen LogP contribution in [0.5, 0.6) is 0 Å². The van der Waals surface area contributed by atoms with Crippen LogP contribution in [-0.2, 0) is 11.3 Å². The van der Waals surface area contributed by atoms with Crippen LogP contribution in [0.1, 0.15) is 63.9 Å². The quantitative estimate of drug-likeness (QED) is 0.594. The molecule has 1 atom stereocenters. The Labute approximate surface area is 130 Å². The number of benzene rings is 1. The molecule has 0 spiro atoms. The molecule has 2 heteroatoms. The molecule has 0 bridgehead atoms. The van der Waals surface area contributed by atoms with Crippen molar-refractivity contribution in [3.8, 4) is 0 Å². The molecule has 1 aromatic carbocycles. The highest BCUT2D eigenvalue weighted by molar-refractivity contribution is 5.14. The number of hydrogen-bond acceptors (Lipinski definition) is 2. The predicted octanol–water partition coefficient (Wildman–Crippen LogP) is 4.99. The van der Waals surface area contributed by atoms with Crippen molar-refractivity contribution in [3.63, 3.8) is 0 Å². The van der Waals surface area contributed by atoms with Crippen LogP contribution in [0.2, 0.25) is 0 Å². The van der Waals surface area contributed by atoms with E-state index in [0.29, 0.717) is 6.23 Å². The molecule has 1 fully saturated rings. The zero-order valence-corrected chi connectivity index (χ0v) is 13.6. The summed E-state index contributed by atoms with van der Waals surface area (Å²) in [6.07, 6.45) is 10.9. The molecule has 0 amide bonds. The summed E-state index contributed by atoms with van der Waals surface area (Å²) >= 11 is 0. The van der Waals surface area contributed by atoms with E-state index in [1.165, 1.54) is 63.5 Å². The van der Waals surface area contributed by atoms with Crippen molar-refractivity contribution >= 4 is 0 Å². The Bertz CT molecular complexity index is 365. The summed E-state index contributed by atoms with van der Waals surface area (Å²) in [6.45, 7) is 5.42. The van der Waals surface area contributed by atoms with E-state index >= 15 is 0 Å². The summed E-state index contributed by atoms with van der Waals surface area (Å²) < 4.78 is 6.02. The van der Waals surface area contributed by atoms with Crippen LogP contribution in [0.15, 0.2) is 30.3 Å². The molecule has 1 aliphatic rings. The Hall–Kier alpha value is -0.860. The van der Waals surface area contributed by atoms with Gasteiger partial charge >= 0.3 is 0 Å². The van der Waals surface area contributed by atoms with Gasteiger partial charge in [0.05, 0.1) is 0 Å². The second kappa shape index (κ2) is 9.97. The first-order valence-electron chi connectivity index (χ1n) is 8.79. The maximum Gasteiger partial charge on any atom is 0.110 e. The molecule has 0 saturated carbocycles. The zero-order valence-electron chi connectivity index (χ0n) is 13.6. The number of unbranched alkanes of at least 4 members (excludes halogenated alkanes) is 5. The van der Waals surface area contributed by atoms with Gasteiger partial charge in [-0.2, -0.15) is 0 Å². The molecule has 1 heterocycles. The van der Waals surface area contributed by atoms with Gasteiger partial charge in [-0.3, -0.25) is 4.90 Å². The molecule has 0 aromatic heterocycles. The lowest BCUT2D eigenvalue weighted by Crippen LogP contribution is -2.42. The first kappa shape index (κ1) is 16.5. The van der Waals surface area contributed by atoms with Gasteiger partial charge in [-0.15, -0.1) is 0 Å². The second-order valence-electron chi connectivity index (χ2n) is 6.19. The van der Waals surface area contributed by atoms with E-state index in [1.54, 1.807) is 0 Å². The van der Waals surface area contributed by atoms with E-state index in [9.17, 15) is 0 Å². The van der Waals surface area contributed by atoms with Gasteiger partial charge in [0.25, 0.3) is 0 Å². The van der Waals surface area contributed by atoms with Crippen LogP contribution in [0.3, 0.4) is 0 Å². The fourth-order valence-corrected chi connectivity index (χ4v) is 3.10.